The molecule has 4 rings (SSSR count). The van der Waals surface area contributed by atoms with Crippen molar-refractivity contribution in [3.05, 3.63) is 42.4 Å². The van der Waals surface area contributed by atoms with Crippen LogP contribution in [0, 0.1) is 0 Å². The fourth-order valence-corrected chi connectivity index (χ4v) is 3.41. The zero-order valence-corrected chi connectivity index (χ0v) is 11.5. The van der Waals surface area contributed by atoms with Gasteiger partial charge >= 0.3 is 0 Å². The van der Waals surface area contributed by atoms with E-state index in [1.807, 2.05) is 6.07 Å². The van der Waals surface area contributed by atoms with Gasteiger partial charge in [-0.3, -0.25) is 4.79 Å². The maximum Gasteiger partial charge on any atom is 0.252 e. The van der Waals surface area contributed by atoms with Crippen molar-refractivity contribution < 1.29 is 9.90 Å². The first-order chi connectivity index (χ1) is 10.2. The van der Waals surface area contributed by atoms with E-state index in [2.05, 4.69) is 9.71 Å². The second-order valence-corrected chi connectivity index (χ2v) is 5.49. The lowest BCUT2D eigenvalue weighted by atomic mass is 10.0. The average Bonchev–Trinajstić information content (AvgIpc) is 2.94. The van der Waals surface area contributed by atoms with E-state index >= 15 is 0 Å². The number of carbonyl (C=O) groups excluding carboxylic acids is 1. The number of aromatic hydroxyl groups is 1. The van der Waals surface area contributed by atoms with Crippen molar-refractivity contribution in [1.82, 2.24) is 9.38 Å². The molecule has 1 aliphatic rings. The van der Waals surface area contributed by atoms with E-state index in [0.29, 0.717) is 21.8 Å². The Labute approximate surface area is 123 Å². The van der Waals surface area contributed by atoms with E-state index in [-0.39, 0.29) is 5.75 Å². The fourth-order valence-electron chi connectivity index (χ4n) is 2.54. The summed E-state index contributed by atoms with van der Waals surface area (Å²) in [5, 5.41) is 10.0. The summed E-state index contributed by atoms with van der Waals surface area (Å²) in [7, 11) is 0. The first-order valence-corrected chi connectivity index (χ1v) is 7.03. The van der Waals surface area contributed by atoms with E-state index in [0.717, 1.165) is 11.1 Å². The second kappa shape index (κ2) is 4.16. The number of rotatable bonds is 1. The highest BCUT2D eigenvalue weighted by molar-refractivity contribution is 8.01. The zero-order chi connectivity index (χ0) is 14.6. The van der Waals surface area contributed by atoms with Gasteiger partial charge in [-0.15, -0.1) is 0 Å². The Morgan fingerprint density at radius 2 is 2.29 bits per heavy atom. The molecule has 21 heavy (non-hydrogen) atoms. The largest absolute Gasteiger partial charge is 0.507 e. The van der Waals surface area contributed by atoms with E-state index < -0.39 is 5.91 Å². The maximum atomic E-state index is 11.7. The number of anilines is 1. The van der Waals surface area contributed by atoms with Gasteiger partial charge in [-0.2, -0.15) is 0 Å². The monoisotopic (exact) mass is 298 g/mol. The molecule has 0 saturated heterocycles. The number of phenolic OH excluding ortho intramolecular Hbond substituents is 1. The minimum absolute atomic E-state index is 0.185. The first-order valence-electron chi connectivity index (χ1n) is 6.21. The van der Waals surface area contributed by atoms with Crippen molar-refractivity contribution in [2.24, 2.45) is 5.73 Å². The number of nitrogens with zero attached hydrogens (tertiary/aromatic N) is 2. The SMILES string of the molecule is NC(=O)c1cn2ccnc2c2c1NSc1c(O)cccc1-2. The molecule has 0 atom stereocenters. The number of aromatic nitrogens is 2. The fraction of sp³-hybridized carbons (Fsp3) is 0. The van der Waals surface area contributed by atoms with Gasteiger partial charge in [0.25, 0.3) is 5.91 Å². The van der Waals surface area contributed by atoms with E-state index in [9.17, 15) is 9.90 Å². The molecule has 104 valence electrons. The number of benzene rings is 1. The van der Waals surface area contributed by atoms with Crippen LogP contribution in [0.25, 0.3) is 16.8 Å². The van der Waals surface area contributed by atoms with Crippen LogP contribution >= 0.6 is 11.9 Å². The number of imidazole rings is 1. The normalized spacial score (nSPS) is 12.6. The summed E-state index contributed by atoms with van der Waals surface area (Å²) in [5.41, 5.74) is 8.79. The molecule has 0 bridgehead atoms. The molecule has 0 radical (unpaired) electrons. The van der Waals surface area contributed by atoms with Crippen molar-refractivity contribution in [3.8, 4) is 16.9 Å². The third kappa shape index (κ3) is 1.61. The topological polar surface area (TPSA) is 92.7 Å². The van der Waals surface area contributed by atoms with Gasteiger partial charge in [-0.1, -0.05) is 12.1 Å². The molecule has 0 fully saturated rings. The number of hydrogen-bond acceptors (Lipinski definition) is 5. The highest BCUT2D eigenvalue weighted by Crippen LogP contribution is 2.48. The van der Waals surface area contributed by atoms with Crippen LogP contribution in [-0.2, 0) is 0 Å². The smallest absolute Gasteiger partial charge is 0.252 e. The Balaban J connectivity index is 2.17. The van der Waals surface area contributed by atoms with Gasteiger partial charge in [-0.25, -0.2) is 4.98 Å². The van der Waals surface area contributed by atoms with E-state index in [1.165, 1.54) is 11.9 Å². The minimum Gasteiger partial charge on any atom is -0.507 e. The van der Waals surface area contributed by atoms with Gasteiger partial charge in [0.05, 0.1) is 21.7 Å². The van der Waals surface area contributed by atoms with Crippen molar-refractivity contribution in [1.29, 1.82) is 0 Å². The molecular weight excluding hydrogens is 288 g/mol. The lowest BCUT2D eigenvalue weighted by Gasteiger charge is -2.23. The van der Waals surface area contributed by atoms with Crippen LogP contribution in [0.4, 0.5) is 5.69 Å². The molecule has 3 heterocycles. The summed E-state index contributed by atoms with van der Waals surface area (Å²) >= 11 is 1.26. The molecule has 0 unspecified atom stereocenters. The molecule has 0 aliphatic carbocycles. The number of carbonyl (C=O) groups is 1. The van der Waals surface area contributed by atoms with Crippen molar-refractivity contribution in [2.45, 2.75) is 4.90 Å². The Bertz CT molecular complexity index is 903. The average molecular weight is 298 g/mol. The van der Waals surface area contributed by atoms with Crippen molar-refractivity contribution in [2.75, 3.05) is 4.72 Å². The number of amides is 1. The minimum atomic E-state index is -0.515. The Kier molecular flexibility index (Phi) is 2.40. The zero-order valence-electron chi connectivity index (χ0n) is 10.7. The predicted molar refractivity (Wildman–Crippen MR) is 80.3 cm³/mol. The molecule has 6 nitrogen and oxygen atoms in total. The van der Waals surface area contributed by atoms with Gasteiger partial charge in [0.15, 0.2) is 0 Å². The van der Waals surface area contributed by atoms with Crippen molar-refractivity contribution >= 4 is 29.2 Å². The van der Waals surface area contributed by atoms with Gasteiger partial charge in [-0.05, 0) is 18.0 Å². The molecular formula is C14H10N4O2S. The molecule has 0 spiro atoms. The molecule has 0 saturated carbocycles. The lowest BCUT2D eigenvalue weighted by molar-refractivity contribution is 0.100. The van der Waals surface area contributed by atoms with Gasteiger partial charge in [0.1, 0.15) is 11.4 Å². The van der Waals surface area contributed by atoms with Crippen LogP contribution in [-0.4, -0.2) is 20.4 Å². The first kappa shape index (κ1) is 12.1. The third-order valence-electron chi connectivity index (χ3n) is 3.46. The number of pyridine rings is 1. The summed E-state index contributed by atoms with van der Waals surface area (Å²) in [6.45, 7) is 0. The second-order valence-electron chi connectivity index (χ2n) is 4.67. The van der Waals surface area contributed by atoms with Crippen LogP contribution in [0.1, 0.15) is 10.4 Å². The predicted octanol–water partition coefficient (Wildman–Crippen LogP) is 2.24. The van der Waals surface area contributed by atoms with Crippen LogP contribution in [0.15, 0.2) is 41.7 Å². The quantitative estimate of drug-likeness (QED) is 0.599. The molecule has 4 N–H and O–H groups in total. The van der Waals surface area contributed by atoms with Gasteiger partial charge in [0.2, 0.25) is 0 Å². The van der Waals surface area contributed by atoms with E-state index in [1.54, 1.807) is 35.1 Å². The number of hydrogen-bond donors (Lipinski definition) is 3. The molecule has 2 aromatic heterocycles. The summed E-state index contributed by atoms with van der Waals surface area (Å²) in [6, 6.07) is 5.28. The molecule has 1 aliphatic heterocycles. The molecule has 1 aromatic carbocycles. The summed E-state index contributed by atoms with van der Waals surface area (Å²) in [4.78, 5) is 16.8. The highest BCUT2D eigenvalue weighted by atomic mass is 32.2. The number of nitrogens with two attached hydrogens (primary N) is 1. The van der Waals surface area contributed by atoms with Crippen molar-refractivity contribution in [3.63, 3.8) is 0 Å². The third-order valence-corrected chi connectivity index (χ3v) is 4.40. The lowest BCUT2D eigenvalue weighted by Crippen LogP contribution is -2.16. The van der Waals surface area contributed by atoms with Crippen LogP contribution in [0.3, 0.4) is 0 Å². The van der Waals surface area contributed by atoms with Crippen LogP contribution < -0.4 is 10.5 Å². The molecule has 3 aromatic rings. The number of nitrogens with one attached hydrogen (secondary N) is 1. The van der Waals surface area contributed by atoms with Gasteiger partial charge < -0.3 is 20.0 Å². The molecule has 1 amide bonds. The highest BCUT2D eigenvalue weighted by Gasteiger charge is 2.26. The summed E-state index contributed by atoms with van der Waals surface area (Å²) < 4.78 is 4.85. The number of fused-ring (bicyclic) bond motifs is 5. The summed E-state index contributed by atoms with van der Waals surface area (Å²) in [5.74, 6) is -0.330. The Morgan fingerprint density at radius 3 is 3.10 bits per heavy atom. The van der Waals surface area contributed by atoms with Crippen LogP contribution in [0.2, 0.25) is 0 Å². The molecule has 7 heteroatoms. The number of phenols is 1. The Hall–Kier alpha value is -2.67. The standard InChI is InChI=1S/C14H10N4O2S/c15-13(20)8-6-18-5-4-16-14(18)10-7-2-1-3-9(19)12(7)21-17-11(8)10/h1-6,17,19H,(H2,15,20). The van der Waals surface area contributed by atoms with Crippen LogP contribution in [0.5, 0.6) is 5.75 Å². The van der Waals surface area contributed by atoms with Gasteiger partial charge in [0, 0.05) is 24.2 Å². The number of primary amides is 1. The van der Waals surface area contributed by atoms with E-state index in [4.69, 9.17) is 5.73 Å². The maximum absolute atomic E-state index is 11.7. The Morgan fingerprint density at radius 1 is 1.43 bits per heavy atom. The summed E-state index contributed by atoms with van der Waals surface area (Å²) in [6.07, 6.45) is 5.07.